The molecule has 0 bridgehead atoms. The Hall–Kier alpha value is -2.04. The smallest absolute Gasteiger partial charge is 0.254 e. The summed E-state index contributed by atoms with van der Waals surface area (Å²) in [7, 11) is 0. The first-order valence-electron chi connectivity index (χ1n) is 6.18. The third-order valence-corrected chi connectivity index (χ3v) is 3.28. The Morgan fingerprint density at radius 1 is 1.00 bits per heavy atom. The van der Waals surface area contributed by atoms with Crippen LogP contribution in [0.2, 0.25) is 10.0 Å². The van der Waals surface area contributed by atoms with Crippen molar-refractivity contribution in [3.63, 3.8) is 0 Å². The van der Waals surface area contributed by atoms with Gasteiger partial charge in [-0.3, -0.25) is 0 Å². The summed E-state index contributed by atoms with van der Waals surface area (Å²) in [4.78, 5) is 0. The van der Waals surface area contributed by atoms with Crippen molar-refractivity contribution in [2.45, 2.75) is 6.61 Å². The first-order chi connectivity index (χ1) is 10.2. The molecule has 3 aromatic rings. The Balaban J connectivity index is 1.72. The fraction of sp³-hybridized carbons (Fsp3) is 0.0667. The lowest BCUT2D eigenvalue weighted by Gasteiger charge is -2.05. The quantitative estimate of drug-likeness (QED) is 0.703. The van der Waals surface area contributed by atoms with E-state index in [0.29, 0.717) is 27.6 Å². The van der Waals surface area contributed by atoms with E-state index < -0.39 is 0 Å². The molecule has 1 aromatic heterocycles. The monoisotopic (exact) mass is 320 g/mol. The van der Waals surface area contributed by atoms with Crippen LogP contribution in [0.15, 0.2) is 52.9 Å². The molecule has 4 nitrogen and oxygen atoms in total. The van der Waals surface area contributed by atoms with Gasteiger partial charge in [-0.2, -0.15) is 0 Å². The van der Waals surface area contributed by atoms with Crippen molar-refractivity contribution in [2.24, 2.45) is 0 Å². The van der Waals surface area contributed by atoms with Crippen LogP contribution in [0.4, 0.5) is 0 Å². The molecular formula is C15H10Cl2N2O2. The van der Waals surface area contributed by atoms with Gasteiger partial charge in [-0.15, -0.1) is 10.2 Å². The maximum Gasteiger partial charge on any atom is 0.254 e. The maximum atomic E-state index is 6.01. The molecule has 21 heavy (non-hydrogen) atoms. The predicted molar refractivity (Wildman–Crippen MR) is 80.5 cm³/mol. The molecule has 0 saturated heterocycles. The number of halogens is 2. The molecule has 0 aliphatic heterocycles. The zero-order chi connectivity index (χ0) is 14.7. The Kier molecular flexibility index (Phi) is 4.08. The van der Waals surface area contributed by atoms with Gasteiger partial charge in [0.1, 0.15) is 5.75 Å². The molecule has 0 atom stereocenters. The Morgan fingerprint density at radius 3 is 2.62 bits per heavy atom. The van der Waals surface area contributed by atoms with Gasteiger partial charge in [-0.1, -0.05) is 41.4 Å². The molecule has 0 radical (unpaired) electrons. The number of hydrogen-bond acceptors (Lipinski definition) is 4. The van der Waals surface area contributed by atoms with Crippen LogP contribution in [0.5, 0.6) is 5.75 Å². The molecule has 0 unspecified atom stereocenters. The standard InChI is InChI=1S/C15H10Cl2N2O2/c16-11-6-7-12(17)13(8-11)20-9-14-18-19-15(21-14)10-4-2-1-3-5-10/h1-8H,9H2. The van der Waals surface area contributed by atoms with Crippen LogP contribution in [0.25, 0.3) is 11.5 Å². The fourth-order valence-electron chi connectivity index (χ4n) is 1.74. The van der Waals surface area contributed by atoms with E-state index in [1.54, 1.807) is 18.2 Å². The molecular weight excluding hydrogens is 311 g/mol. The molecule has 0 spiro atoms. The van der Waals surface area contributed by atoms with Crippen molar-refractivity contribution in [1.82, 2.24) is 10.2 Å². The van der Waals surface area contributed by atoms with Gasteiger partial charge in [0, 0.05) is 16.7 Å². The SMILES string of the molecule is Clc1ccc(Cl)c(OCc2nnc(-c3ccccc3)o2)c1. The second-order valence-corrected chi connectivity index (χ2v) is 5.07. The van der Waals surface area contributed by atoms with Gasteiger partial charge in [0.25, 0.3) is 5.89 Å². The van der Waals surface area contributed by atoms with Gasteiger partial charge in [0.15, 0.2) is 6.61 Å². The van der Waals surface area contributed by atoms with Gasteiger partial charge < -0.3 is 9.15 Å². The highest BCUT2D eigenvalue weighted by atomic mass is 35.5. The Morgan fingerprint density at radius 2 is 1.81 bits per heavy atom. The minimum atomic E-state index is 0.125. The molecule has 0 aliphatic carbocycles. The molecule has 6 heteroatoms. The maximum absolute atomic E-state index is 6.01. The van der Waals surface area contributed by atoms with Crippen LogP contribution in [-0.2, 0) is 6.61 Å². The van der Waals surface area contributed by atoms with Crippen molar-refractivity contribution in [3.8, 4) is 17.2 Å². The van der Waals surface area contributed by atoms with E-state index in [-0.39, 0.29) is 6.61 Å². The second-order valence-electron chi connectivity index (χ2n) is 4.23. The molecule has 3 rings (SSSR count). The lowest BCUT2D eigenvalue weighted by molar-refractivity contribution is 0.264. The highest BCUT2D eigenvalue weighted by Crippen LogP contribution is 2.28. The molecule has 0 fully saturated rings. The number of benzene rings is 2. The first-order valence-corrected chi connectivity index (χ1v) is 6.93. The molecule has 0 N–H and O–H groups in total. The third-order valence-electron chi connectivity index (χ3n) is 2.73. The predicted octanol–water partition coefficient (Wildman–Crippen LogP) is 4.62. The summed E-state index contributed by atoms with van der Waals surface area (Å²) < 4.78 is 11.1. The highest BCUT2D eigenvalue weighted by molar-refractivity contribution is 6.34. The average Bonchev–Trinajstić information content (AvgIpc) is 2.98. The van der Waals surface area contributed by atoms with Crippen LogP contribution in [-0.4, -0.2) is 10.2 Å². The average molecular weight is 321 g/mol. The molecule has 106 valence electrons. The number of rotatable bonds is 4. The zero-order valence-corrected chi connectivity index (χ0v) is 12.3. The van der Waals surface area contributed by atoms with E-state index in [1.165, 1.54) is 0 Å². The van der Waals surface area contributed by atoms with Crippen LogP contribution >= 0.6 is 23.2 Å². The minimum absolute atomic E-state index is 0.125. The minimum Gasteiger partial charge on any atom is -0.482 e. The van der Waals surface area contributed by atoms with Crippen LogP contribution in [0.3, 0.4) is 0 Å². The van der Waals surface area contributed by atoms with E-state index in [9.17, 15) is 0 Å². The zero-order valence-electron chi connectivity index (χ0n) is 10.8. The van der Waals surface area contributed by atoms with Crippen LogP contribution in [0.1, 0.15) is 5.89 Å². The summed E-state index contributed by atoms with van der Waals surface area (Å²) in [6.45, 7) is 0.125. The van der Waals surface area contributed by atoms with E-state index in [1.807, 2.05) is 30.3 Å². The number of nitrogens with zero attached hydrogens (tertiary/aromatic N) is 2. The highest BCUT2D eigenvalue weighted by Gasteiger charge is 2.10. The summed E-state index contributed by atoms with van der Waals surface area (Å²) >= 11 is 11.9. The third kappa shape index (κ3) is 3.35. The fourth-order valence-corrected chi connectivity index (χ4v) is 2.07. The summed E-state index contributed by atoms with van der Waals surface area (Å²) in [5, 5.41) is 8.95. The number of hydrogen-bond donors (Lipinski definition) is 0. The molecule has 2 aromatic carbocycles. The van der Waals surface area contributed by atoms with E-state index >= 15 is 0 Å². The number of aromatic nitrogens is 2. The van der Waals surface area contributed by atoms with Crippen molar-refractivity contribution in [1.29, 1.82) is 0 Å². The molecule has 0 amide bonds. The van der Waals surface area contributed by atoms with E-state index in [0.717, 1.165) is 5.56 Å². The van der Waals surface area contributed by atoms with Gasteiger partial charge in [0.05, 0.1) is 5.02 Å². The Labute approximate surface area is 131 Å². The van der Waals surface area contributed by atoms with Gasteiger partial charge in [-0.05, 0) is 24.3 Å². The van der Waals surface area contributed by atoms with Crippen molar-refractivity contribution in [3.05, 3.63) is 64.5 Å². The van der Waals surface area contributed by atoms with Crippen molar-refractivity contribution >= 4 is 23.2 Å². The topological polar surface area (TPSA) is 48.2 Å². The number of ether oxygens (including phenoxy) is 1. The van der Waals surface area contributed by atoms with E-state index in [4.69, 9.17) is 32.4 Å². The van der Waals surface area contributed by atoms with Gasteiger partial charge in [0.2, 0.25) is 5.89 Å². The second kappa shape index (κ2) is 6.16. The summed E-state index contributed by atoms with van der Waals surface area (Å²) in [5.74, 6) is 1.29. The summed E-state index contributed by atoms with van der Waals surface area (Å²) in [6.07, 6.45) is 0. The summed E-state index contributed by atoms with van der Waals surface area (Å²) in [5.41, 5.74) is 0.858. The van der Waals surface area contributed by atoms with Crippen molar-refractivity contribution in [2.75, 3.05) is 0 Å². The van der Waals surface area contributed by atoms with Crippen LogP contribution in [0, 0.1) is 0 Å². The van der Waals surface area contributed by atoms with Gasteiger partial charge >= 0.3 is 0 Å². The lowest BCUT2D eigenvalue weighted by Crippen LogP contribution is -1.96. The Bertz CT molecular complexity index is 744. The van der Waals surface area contributed by atoms with E-state index in [2.05, 4.69) is 10.2 Å². The normalized spacial score (nSPS) is 10.6. The van der Waals surface area contributed by atoms with Gasteiger partial charge in [-0.25, -0.2) is 0 Å². The molecule has 0 saturated carbocycles. The largest absolute Gasteiger partial charge is 0.482 e. The summed E-state index contributed by atoms with van der Waals surface area (Å²) in [6, 6.07) is 14.5. The van der Waals surface area contributed by atoms with Crippen molar-refractivity contribution < 1.29 is 9.15 Å². The first kappa shape index (κ1) is 13.9. The van der Waals surface area contributed by atoms with Crippen LogP contribution < -0.4 is 4.74 Å². The molecule has 1 heterocycles. The molecule has 0 aliphatic rings. The lowest BCUT2D eigenvalue weighted by atomic mass is 10.2.